The van der Waals surface area contributed by atoms with Crippen molar-refractivity contribution in [3.05, 3.63) is 5.92 Å². The minimum absolute atomic E-state index is 0.549. The molecule has 0 heterocycles. The first kappa shape index (κ1) is 7.47. The van der Waals surface area contributed by atoms with E-state index >= 15 is 0 Å². The number of rotatable bonds is 3. The van der Waals surface area contributed by atoms with Crippen LogP contribution >= 0.6 is 0 Å². The molecule has 0 aromatic carbocycles. The Kier molecular flexibility index (Phi) is 3.24. The number of carbonyl (C=O) groups is 1. The first-order valence-corrected chi connectivity index (χ1v) is 2.74. The highest BCUT2D eigenvalue weighted by Crippen LogP contribution is 2.05. The van der Waals surface area contributed by atoms with Gasteiger partial charge in [-0.1, -0.05) is 13.3 Å². The smallest absolute Gasteiger partial charge is 0.310 e. The molecule has 2 heteroatoms. The summed E-state index contributed by atoms with van der Waals surface area (Å²) in [7, 11) is 0. The van der Waals surface area contributed by atoms with Crippen molar-refractivity contribution in [2.45, 2.75) is 26.7 Å². The average Bonchev–Trinajstić information content (AvgIpc) is 1.67. The van der Waals surface area contributed by atoms with Gasteiger partial charge in [0.2, 0.25) is 0 Å². The van der Waals surface area contributed by atoms with Gasteiger partial charge in [0, 0.05) is 0 Å². The van der Waals surface area contributed by atoms with Crippen LogP contribution < -0.4 is 0 Å². The minimum atomic E-state index is -0.771. The van der Waals surface area contributed by atoms with Crippen LogP contribution in [0, 0.1) is 5.92 Å². The highest BCUT2D eigenvalue weighted by atomic mass is 16.4. The third-order valence-electron chi connectivity index (χ3n) is 0.990. The van der Waals surface area contributed by atoms with Gasteiger partial charge in [-0.15, -0.1) is 0 Å². The lowest BCUT2D eigenvalue weighted by molar-refractivity contribution is -0.134. The quantitative estimate of drug-likeness (QED) is 0.604. The van der Waals surface area contributed by atoms with Crippen LogP contribution in [0.2, 0.25) is 0 Å². The van der Waals surface area contributed by atoms with E-state index in [1.165, 1.54) is 0 Å². The van der Waals surface area contributed by atoms with Crippen molar-refractivity contribution in [2.75, 3.05) is 0 Å². The maximum atomic E-state index is 10.1. The van der Waals surface area contributed by atoms with E-state index in [0.29, 0.717) is 12.3 Å². The molecule has 2 nitrogen and oxygen atoms in total. The van der Waals surface area contributed by atoms with Crippen molar-refractivity contribution in [3.8, 4) is 0 Å². The van der Waals surface area contributed by atoms with Gasteiger partial charge in [0.1, 0.15) is 0 Å². The van der Waals surface area contributed by atoms with Crippen LogP contribution in [0.25, 0.3) is 0 Å². The molecule has 0 amide bonds. The fourth-order valence-corrected chi connectivity index (χ4v) is 0.482. The summed E-state index contributed by atoms with van der Waals surface area (Å²) in [6.07, 6.45) is 1.62. The normalized spacial score (nSPS) is 9.88. The van der Waals surface area contributed by atoms with Crippen LogP contribution in [0.1, 0.15) is 26.7 Å². The predicted molar refractivity (Wildman–Crippen MR) is 31.5 cm³/mol. The van der Waals surface area contributed by atoms with Crippen molar-refractivity contribution in [1.82, 2.24) is 0 Å². The van der Waals surface area contributed by atoms with E-state index in [1.54, 1.807) is 6.92 Å². The van der Waals surface area contributed by atoms with Crippen molar-refractivity contribution in [2.24, 2.45) is 0 Å². The SMILES string of the molecule is CCC[C](C)C(=O)O. The lowest BCUT2D eigenvalue weighted by atomic mass is 10.1. The zero-order chi connectivity index (χ0) is 6.57. The van der Waals surface area contributed by atoms with Gasteiger partial charge in [-0.05, 0) is 13.3 Å². The molecule has 0 aliphatic carbocycles. The molecule has 0 fully saturated rings. The maximum absolute atomic E-state index is 10.1. The van der Waals surface area contributed by atoms with Crippen LogP contribution in [0.15, 0.2) is 0 Å². The fourth-order valence-electron chi connectivity index (χ4n) is 0.482. The second-order valence-corrected chi connectivity index (χ2v) is 1.84. The van der Waals surface area contributed by atoms with Gasteiger partial charge in [-0.3, -0.25) is 4.79 Å². The van der Waals surface area contributed by atoms with Gasteiger partial charge in [0.15, 0.2) is 0 Å². The summed E-state index contributed by atoms with van der Waals surface area (Å²) in [6, 6.07) is 0. The van der Waals surface area contributed by atoms with Crippen molar-refractivity contribution < 1.29 is 9.90 Å². The maximum Gasteiger partial charge on any atom is 0.310 e. The Morgan fingerprint density at radius 2 is 2.12 bits per heavy atom. The van der Waals surface area contributed by atoms with E-state index in [9.17, 15) is 4.79 Å². The molecule has 0 saturated heterocycles. The molecule has 0 rings (SSSR count). The zero-order valence-corrected chi connectivity index (χ0v) is 5.27. The standard InChI is InChI=1S/C6H11O2/c1-3-4-5(2)6(7)8/h3-4H2,1-2H3,(H,7,8). The van der Waals surface area contributed by atoms with Crippen molar-refractivity contribution in [1.29, 1.82) is 0 Å². The molecule has 0 saturated carbocycles. The Morgan fingerprint density at radius 3 is 2.25 bits per heavy atom. The number of carboxylic acids is 1. The summed E-state index contributed by atoms with van der Waals surface area (Å²) in [5.74, 6) is -0.223. The fraction of sp³-hybridized carbons (Fsp3) is 0.667. The summed E-state index contributed by atoms with van der Waals surface area (Å²) in [5.41, 5.74) is 0. The molecular weight excluding hydrogens is 104 g/mol. The van der Waals surface area contributed by atoms with Gasteiger partial charge in [-0.2, -0.15) is 0 Å². The number of hydrogen-bond donors (Lipinski definition) is 1. The Balaban J connectivity index is 3.32. The number of aliphatic carboxylic acids is 1. The van der Waals surface area contributed by atoms with Crippen LogP contribution in [0.5, 0.6) is 0 Å². The summed E-state index contributed by atoms with van der Waals surface area (Å²) < 4.78 is 0. The van der Waals surface area contributed by atoms with Gasteiger partial charge in [-0.25, -0.2) is 0 Å². The molecule has 0 spiro atoms. The molecule has 0 aliphatic rings. The van der Waals surface area contributed by atoms with Gasteiger partial charge < -0.3 is 5.11 Å². The highest BCUT2D eigenvalue weighted by Gasteiger charge is 2.08. The van der Waals surface area contributed by atoms with Crippen molar-refractivity contribution in [3.63, 3.8) is 0 Å². The Labute approximate surface area is 49.5 Å². The van der Waals surface area contributed by atoms with Gasteiger partial charge >= 0.3 is 5.97 Å². The molecule has 1 N–H and O–H groups in total. The lowest BCUT2D eigenvalue weighted by Crippen LogP contribution is -2.05. The average molecular weight is 115 g/mol. The molecule has 1 radical (unpaired) electrons. The second-order valence-electron chi connectivity index (χ2n) is 1.84. The Bertz CT molecular complexity index is 78.6. The lowest BCUT2D eigenvalue weighted by Gasteiger charge is -1.98. The van der Waals surface area contributed by atoms with Crippen LogP contribution in [0.4, 0.5) is 0 Å². The first-order valence-electron chi connectivity index (χ1n) is 2.74. The summed E-state index contributed by atoms with van der Waals surface area (Å²) in [6.45, 7) is 3.61. The van der Waals surface area contributed by atoms with Crippen LogP contribution in [-0.4, -0.2) is 11.1 Å². The molecule has 0 atom stereocenters. The molecular formula is C6H11O2. The molecule has 0 unspecified atom stereocenters. The second kappa shape index (κ2) is 3.47. The van der Waals surface area contributed by atoms with E-state index in [4.69, 9.17) is 5.11 Å². The predicted octanol–water partition coefficient (Wildman–Crippen LogP) is 1.47. The molecule has 0 bridgehead atoms. The number of hydrogen-bond acceptors (Lipinski definition) is 1. The van der Waals surface area contributed by atoms with E-state index in [0.717, 1.165) is 6.42 Å². The summed E-state index contributed by atoms with van der Waals surface area (Å²) in [5, 5.41) is 8.28. The minimum Gasteiger partial charge on any atom is -0.481 e. The first-order chi connectivity index (χ1) is 3.68. The zero-order valence-electron chi connectivity index (χ0n) is 5.27. The largest absolute Gasteiger partial charge is 0.481 e. The third-order valence-corrected chi connectivity index (χ3v) is 0.990. The van der Waals surface area contributed by atoms with E-state index < -0.39 is 5.97 Å². The molecule has 8 heavy (non-hydrogen) atoms. The molecule has 47 valence electrons. The van der Waals surface area contributed by atoms with Crippen molar-refractivity contribution >= 4 is 5.97 Å². The van der Waals surface area contributed by atoms with Crippen LogP contribution in [-0.2, 0) is 4.79 Å². The topological polar surface area (TPSA) is 37.3 Å². The van der Waals surface area contributed by atoms with E-state index in [1.807, 2.05) is 6.92 Å². The Hall–Kier alpha value is -0.530. The molecule has 0 aliphatic heterocycles. The summed E-state index contributed by atoms with van der Waals surface area (Å²) in [4.78, 5) is 10.1. The van der Waals surface area contributed by atoms with E-state index in [2.05, 4.69) is 0 Å². The van der Waals surface area contributed by atoms with E-state index in [-0.39, 0.29) is 0 Å². The highest BCUT2D eigenvalue weighted by molar-refractivity contribution is 5.81. The summed E-state index contributed by atoms with van der Waals surface area (Å²) >= 11 is 0. The molecule has 0 aromatic rings. The third kappa shape index (κ3) is 2.61. The van der Waals surface area contributed by atoms with Crippen LogP contribution in [0.3, 0.4) is 0 Å². The monoisotopic (exact) mass is 115 g/mol. The molecule has 0 aromatic heterocycles. The Morgan fingerprint density at radius 1 is 1.62 bits per heavy atom. The number of carboxylic acid groups (broad SMARTS) is 1. The van der Waals surface area contributed by atoms with Gasteiger partial charge in [0.25, 0.3) is 0 Å². The van der Waals surface area contributed by atoms with Gasteiger partial charge in [0.05, 0.1) is 5.92 Å².